The van der Waals surface area contributed by atoms with E-state index in [-0.39, 0.29) is 11.4 Å². The summed E-state index contributed by atoms with van der Waals surface area (Å²) in [5.41, 5.74) is 0.118. The molecular formula is C12H20N4O. The Bertz CT molecular complexity index is 384. The highest BCUT2D eigenvalue weighted by molar-refractivity contribution is 5.93. The third-order valence-electron chi connectivity index (χ3n) is 1.94. The van der Waals surface area contributed by atoms with Crippen LogP contribution in [0.2, 0.25) is 0 Å². The number of carbonyl (C=O) groups is 1. The summed E-state index contributed by atoms with van der Waals surface area (Å²) in [5.74, 6) is 0.500. The molecule has 94 valence electrons. The van der Waals surface area contributed by atoms with E-state index in [1.807, 2.05) is 20.8 Å². The quantitative estimate of drug-likeness (QED) is 0.837. The van der Waals surface area contributed by atoms with Crippen LogP contribution >= 0.6 is 0 Å². The molecule has 0 aliphatic carbocycles. The van der Waals surface area contributed by atoms with Crippen molar-refractivity contribution < 1.29 is 4.79 Å². The van der Waals surface area contributed by atoms with Gasteiger partial charge in [-0.3, -0.25) is 4.79 Å². The zero-order valence-corrected chi connectivity index (χ0v) is 10.9. The summed E-state index contributed by atoms with van der Waals surface area (Å²) in [6.45, 7) is 8.70. The summed E-state index contributed by atoms with van der Waals surface area (Å²) in [7, 11) is 0. The Morgan fingerprint density at radius 3 is 2.65 bits per heavy atom. The first kappa shape index (κ1) is 13.4. The molecular weight excluding hydrogens is 216 g/mol. The van der Waals surface area contributed by atoms with Gasteiger partial charge in [0, 0.05) is 18.2 Å². The maximum atomic E-state index is 11.9. The molecule has 0 atom stereocenters. The molecule has 0 aromatic carbocycles. The van der Waals surface area contributed by atoms with Gasteiger partial charge in [0.15, 0.2) is 0 Å². The highest BCUT2D eigenvalue weighted by Crippen LogP contribution is 2.06. The van der Waals surface area contributed by atoms with Crippen molar-refractivity contribution in [3.8, 4) is 0 Å². The van der Waals surface area contributed by atoms with Crippen molar-refractivity contribution in [1.29, 1.82) is 0 Å². The van der Waals surface area contributed by atoms with Crippen LogP contribution in [0.4, 0.5) is 5.82 Å². The average molecular weight is 236 g/mol. The molecule has 5 nitrogen and oxygen atoms in total. The topological polar surface area (TPSA) is 66.9 Å². The van der Waals surface area contributed by atoms with Gasteiger partial charge in [0.05, 0.1) is 0 Å². The Labute approximate surface area is 102 Å². The molecule has 0 unspecified atom stereocenters. The van der Waals surface area contributed by atoms with E-state index in [1.54, 1.807) is 6.07 Å². The van der Waals surface area contributed by atoms with E-state index in [2.05, 4.69) is 27.5 Å². The summed E-state index contributed by atoms with van der Waals surface area (Å²) in [6.07, 6.45) is 2.41. The van der Waals surface area contributed by atoms with Crippen LogP contribution in [-0.4, -0.2) is 28.0 Å². The highest BCUT2D eigenvalue weighted by atomic mass is 16.2. The third kappa shape index (κ3) is 4.80. The first-order valence-corrected chi connectivity index (χ1v) is 5.81. The fourth-order valence-corrected chi connectivity index (χ4v) is 1.24. The lowest BCUT2D eigenvalue weighted by Gasteiger charge is -2.20. The van der Waals surface area contributed by atoms with E-state index in [0.717, 1.165) is 13.0 Å². The second-order valence-electron chi connectivity index (χ2n) is 4.92. The minimum Gasteiger partial charge on any atom is -0.370 e. The molecule has 0 radical (unpaired) electrons. The second-order valence-corrected chi connectivity index (χ2v) is 4.92. The van der Waals surface area contributed by atoms with E-state index < -0.39 is 0 Å². The van der Waals surface area contributed by atoms with Crippen LogP contribution in [0.1, 0.15) is 44.6 Å². The van der Waals surface area contributed by atoms with Crippen molar-refractivity contribution in [2.45, 2.75) is 39.7 Å². The van der Waals surface area contributed by atoms with Crippen molar-refractivity contribution >= 4 is 11.7 Å². The SMILES string of the molecule is CCCNc1cc(C(=O)NC(C)(C)C)ncn1. The lowest BCUT2D eigenvalue weighted by atomic mass is 10.1. The Balaban J connectivity index is 2.74. The Morgan fingerprint density at radius 1 is 1.35 bits per heavy atom. The number of nitrogens with zero attached hydrogens (tertiary/aromatic N) is 2. The standard InChI is InChI=1S/C12H20N4O/c1-5-6-13-10-7-9(14-8-15-10)11(17)16-12(2,3)4/h7-8H,5-6H2,1-4H3,(H,16,17)(H,13,14,15). The molecule has 0 aliphatic heterocycles. The van der Waals surface area contributed by atoms with Gasteiger partial charge in [0.2, 0.25) is 0 Å². The number of anilines is 1. The lowest BCUT2D eigenvalue weighted by Crippen LogP contribution is -2.41. The molecule has 0 saturated heterocycles. The van der Waals surface area contributed by atoms with Crippen LogP contribution in [0.25, 0.3) is 0 Å². The molecule has 1 heterocycles. The summed E-state index contributed by atoms with van der Waals surface area (Å²) in [4.78, 5) is 19.9. The molecule has 0 bridgehead atoms. The average Bonchev–Trinajstić information content (AvgIpc) is 2.24. The summed E-state index contributed by atoms with van der Waals surface area (Å²) in [6, 6.07) is 1.66. The molecule has 1 rings (SSSR count). The van der Waals surface area contributed by atoms with Gasteiger partial charge >= 0.3 is 0 Å². The number of hydrogen-bond acceptors (Lipinski definition) is 4. The summed E-state index contributed by atoms with van der Waals surface area (Å²) >= 11 is 0. The number of carbonyl (C=O) groups excluding carboxylic acids is 1. The molecule has 5 heteroatoms. The maximum absolute atomic E-state index is 11.9. The largest absolute Gasteiger partial charge is 0.370 e. The van der Waals surface area contributed by atoms with Gasteiger partial charge in [-0.1, -0.05) is 6.92 Å². The van der Waals surface area contributed by atoms with E-state index in [1.165, 1.54) is 6.33 Å². The van der Waals surface area contributed by atoms with Crippen molar-refractivity contribution in [3.05, 3.63) is 18.1 Å². The second kappa shape index (κ2) is 5.61. The normalized spacial score (nSPS) is 11.1. The third-order valence-corrected chi connectivity index (χ3v) is 1.94. The number of rotatable bonds is 4. The van der Waals surface area contributed by atoms with Crippen molar-refractivity contribution in [2.24, 2.45) is 0 Å². The first-order chi connectivity index (χ1) is 7.92. The van der Waals surface area contributed by atoms with Crippen LogP contribution in [-0.2, 0) is 0 Å². The van der Waals surface area contributed by atoms with E-state index in [9.17, 15) is 4.79 Å². The van der Waals surface area contributed by atoms with E-state index >= 15 is 0 Å². The van der Waals surface area contributed by atoms with Crippen molar-refractivity contribution in [2.75, 3.05) is 11.9 Å². The fourth-order valence-electron chi connectivity index (χ4n) is 1.24. The highest BCUT2D eigenvalue weighted by Gasteiger charge is 2.16. The molecule has 1 amide bonds. The number of nitrogens with one attached hydrogen (secondary N) is 2. The van der Waals surface area contributed by atoms with E-state index in [4.69, 9.17) is 0 Å². The molecule has 0 aliphatic rings. The van der Waals surface area contributed by atoms with Crippen LogP contribution in [0, 0.1) is 0 Å². The van der Waals surface area contributed by atoms with Gasteiger partial charge in [-0.05, 0) is 27.2 Å². The predicted molar refractivity (Wildman–Crippen MR) is 68.0 cm³/mol. The first-order valence-electron chi connectivity index (χ1n) is 5.81. The van der Waals surface area contributed by atoms with E-state index in [0.29, 0.717) is 11.5 Å². The Hall–Kier alpha value is -1.65. The van der Waals surface area contributed by atoms with Crippen molar-refractivity contribution in [3.63, 3.8) is 0 Å². The van der Waals surface area contributed by atoms with Crippen LogP contribution < -0.4 is 10.6 Å². The molecule has 0 spiro atoms. The van der Waals surface area contributed by atoms with Gasteiger partial charge in [-0.2, -0.15) is 0 Å². The Morgan fingerprint density at radius 2 is 2.06 bits per heavy atom. The number of hydrogen-bond donors (Lipinski definition) is 2. The zero-order chi connectivity index (χ0) is 12.9. The number of aromatic nitrogens is 2. The smallest absolute Gasteiger partial charge is 0.270 e. The molecule has 1 aromatic rings. The van der Waals surface area contributed by atoms with Gasteiger partial charge in [0.25, 0.3) is 5.91 Å². The van der Waals surface area contributed by atoms with Crippen molar-refractivity contribution in [1.82, 2.24) is 15.3 Å². The van der Waals surface area contributed by atoms with Crippen LogP contribution in [0.15, 0.2) is 12.4 Å². The van der Waals surface area contributed by atoms with Crippen LogP contribution in [0.5, 0.6) is 0 Å². The monoisotopic (exact) mass is 236 g/mol. The molecule has 0 saturated carbocycles. The lowest BCUT2D eigenvalue weighted by molar-refractivity contribution is 0.0914. The van der Waals surface area contributed by atoms with Crippen LogP contribution in [0.3, 0.4) is 0 Å². The number of amides is 1. The summed E-state index contributed by atoms with van der Waals surface area (Å²) < 4.78 is 0. The van der Waals surface area contributed by atoms with Gasteiger partial charge in [-0.15, -0.1) is 0 Å². The maximum Gasteiger partial charge on any atom is 0.270 e. The van der Waals surface area contributed by atoms with Gasteiger partial charge in [0.1, 0.15) is 17.8 Å². The minimum atomic E-state index is -0.265. The molecule has 1 aromatic heterocycles. The van der Waals surface area contributed by atoms with Gasteiger partial charge in [-0.25, -0.2) is 9.97 Å². The molecule has 2 N–H and O–H groups in total. The summed E-state index contributed by atoms with van der Waals surface area (Å²) in [5, 5.41) is 5.98. The molecule has 0 fully saturated rings. The zero-order valence-electron chi connectivity index (χ0n) is 10.9. The predicted octanol–water partition coefficient (Wildman–Crippen LogP) is 1.83. The Kier molecular flexibility index (Phi) is 4.43. The fraction of sp³-hybridized carbons (Fsp3) is 0.583. The van der Waals surface area contributed by atoms with Gasteiger partial charge < -0.3 is 10.6 Å². The minimum absolute atomic E-state index is 0.181. The molecule has 17 heavy (non-hydrogen) atoms.